The number of hydrogen-bond acceptors (Lipinski definition) is 4. The van der Waals surface area contributed by atoms with Gasteiger partial charge in [-0.3, -0.25) is 4.79 Å². The molecule has 1 atom stereocenters. The molecule has 2 aromatic carbocycles. The highest BCUT2D eigenvalue weighted by Crippen LogP contribution is 2.24. The fraction of sp³-hybridized carbons (Fsp3) is 0.675. The van der Waals surface area contributed by atoms with Gasteiger partial charge in [0, 0.05) is 0 Å². The van der Waals surface area contributed by atoms with Crippen molar-refractivity contribution in [2.24, 2.45) is 5.92 Å². The molecule has 248 valence electrons. The molecule has 2 aromatic rings. The Hall–Kier alpha value is -2.33. The molecule has 0 aliphatic heterocycles. The average molecular weight is 608 g/mol. The van der Waals surface area contributed by atoms with Gasteiger partial charge < -0.3 is 14.8 Å². The smallest absolute Gasteiger partial charge is 0.313 e. The highest BCUT2D eigenvalue weighted by atomic mass is 16.5. The van der Waals surface area contributed by atoms with Crippen LogP contribution in [0.1, 0.15) is 154 Å². The van der Waals surface area contributed by atoms with Gasteiger partial charge in [-0.25, -0.2) is 0 Å². The van der Waals surface area contributed by atoms with Crippen LogP contribution in [0.5, 0.6) is 11.5 Å². The van der Waals surface area contributed by atoms with Crippen molar-refractivity contribution < 1.29 is 14.3 Å². The van der Waals surface area contributed by atoms with Crippen LogP contribution in [0, 0.1) is 5.92 Å². The van der Waals surface area contributed by atoms with Crippen LogP contribution in [-0.2, 0) is 9.53 Å². The maximum absolute atomic E-state index is 12.5. The number of nitrogens with one attached hydrogen (secondary N) is 1. The van der Waals surface area contributed by atoms with Crippen LogP contribution in [0.3, 0.4) is 0 Å². The summed E-state index contributed by atoms with van der Waals surface area (Å²) in [6.45, 7) is 9.32. The molecule has 0 amide bonds. The lowest BCUT2D eigenvalue weighted by Gasteiger charge is -2.13. The average Bonchev–Trinajstić information content (AvgIpc) is 3.03. The van der Waals surface area contributed by atoms with Crippen LogP contribution in [0.25, 0.3) is 0 Å². The van der Waals surface area contributed by atoms with Gasteiger partial charge in [0.25, 0.3) is 0 Å². The second-order valence-corrected chi connectivity index (χ2v) is 13.2. The Morgan fingerprint density at radius 3 is 1.55 bits per heavy atom. The molecule has 0 aliphatic rings. The van der Waals surface area contributed by atoms with Gasteiger partial charge in [-0.05, 0) is 75.0 Å². The van der Waals surface area contributed by atoms with Crippen molar-refractivity contribution in [1.82, 2.24) is 5.32 Å². The molecule has 0 saturated carbocycles. The first kappa shape index (κ1) is 37.9. The van der Waals surface area contributed by atoms with Crippen LogP contribution >= 0.6 is 0 Å². The third kappa shape index (κ3) is 19.8. The highest BCUT2D eigenvalue weighted by molar-refractivity contribution is 5.77. The molecule has 4 nitrogen and oxygen atoms in total. The van der Waals surface area contributed by atoms with E-state index in [4.69, 9.17) is 9.47 Å². The molecule has 1 unspecified atom stereocenters. The topological polar surface area (TPSA) is 47.6 Å². The third-order valence-electron chi connectivity index (χ3n) is 8.59. The number of carbonyl (C=O) groups excluding carboxylic acids is 1. The summed E-state index contributed by atoms with van der Waals surface area (Å²) >= 11 is 0. The van der Waals surface area contributed by atoms with Crippen molar-refractivity contribution >= 4 is 5.97 Å². The molecule has 0 heterocycles. The molecule has 0 fully saturated rings. The van der Waals surface area contributed by atoms with E-state index in [-0.39, 0.29) is 11.9 Å². The summed E-state index contributed by atoms with van der Waals surface area (Å²) in [6.07, 6.45) is 25.7. The van der Waals surface area contributed by atoms with E-state index in [1.54, 1.807) is 0 Å². The maximum Gasteiger partial charge on any atom is 0.313 e. The summed E-state index contributed by atoms with van der Waals surface area (Å²) in [6, 6.07) is 17.4. The Labute approximate surface area is 271 Å². The second-order valence-electron chi connectivity index (χ2n) is 13.2. The summed E-state index contributed by atoms with van der Waals surface area (Å²) in [4.78, 5) is 12.5. The van der Waals surface area contributed by atoms with Crippen LogP contribution < -0.4 is 10.1 Å². The Kier molecular flexibility index (Phi) is 22.3. The number of unbranched alkanes of at least 4 members (excludes halogenated alkanes) is 16. The molecule has 44 heavy (non-hydrogen) atoms. The molecule has 4 heteroatoms. The molecule has 0 saturated heterocycles. The van der Waals surface area contributed by atoms with Crippen molar-refractivity contribution in [1.29, 1.82) is 0 Å². The number of para-hydroxylation sites is 1. The lowest BCUT2D eigenvalue weighted by Crippen LogP contribution is -2.16. The predicted octanol–water partition coefficient (Wildman–Crippen LogP) is 11.8. The Bertz CT molecular complexity index is 927. The van der Waals surface area contributed by atoms with Gasteiger partial charge in [0.15, 0.2) is 0 Å². The maximum atomic E-state index is 12.5. The fourth-order valence-electron chi connectivity index (χ4n) is 5.64. The van der Waals surface area contributed by atoms with Crippen molar-refractivity contribution in [3.8, 4) is 11.5 Å². The van der Waals surface area contributed by atoms with Gasteiger partial charge in [-0.2, -0.15) is 0 Å². The van der Waals surface area contributed by atoms with Crippen molar-refractivity contribution in [3.05, 3.63) is 60.2 Å². The minimum Gasteiger partial charge on any atom is -0.465 e. The number of esters is 1. The molecule has 0 radical (unpaired) electrons. The van der Waals surface area contributed by atoms with Gasteiger partial charge in [-0.15, -0.1) is 0 Å². The van der Waals surface area contributed by atoms with Gasteiger partial charge in [0.05, 0.1) is 12.5 Å². The van der Waals surface area contributed by atoms with Crippen LogP contribution in [0.4, 0.5) is 0 Å². The van der Waals surface area contributed by atoms with E-state index in [1.807, 2.05) is 61.5 Å². The predicted molar refractivity (Wildman–Crippen MR) is 188 cm³/mol. The minimum absolute atomic E-state index is 0.156. The quantitative estimate of drug-likeness (QED) is 0.0772. The lowest BCUT2D eigenvalue weighted by molar-refractivity contribution is -0.145. The van der Waals surface area contributed by atoms with Crippen molar-refractivity contribution in [2.45, 2.75) is 149 Å². The molecular formula is C40H65NO3. The number of benzene rings is 2. The number of carbonyl (C=O) groups is 1. The SMILES string of the molecule is CC(C)CCCCCCCCCCCCCCCCNCCCCCCOC(=O)C(C)c1ccc(Oc2ccccc2)cc1. The highest BCUT2D eigenvalue weighted by Gasteiger charge is 2.16. The van der Waals surface area contributed by atoms with E-state index >= 15 is 0 Å². The number of hydrogen-bond donors (Lipinski definition) is 1. The van der Waals surface area contributed by atoms with Crippen LogP contribution in [0.15, 0.2) is 54.6 Å². The Morgan fingerprint density at radius 2 is 1.02 bits per heavy atom. The molecule has 0 aromatic heterocycles. The van der Waals surface area contributed by atoms with E-state index in [9.17, 15) is 4.79 Å². The molecule has 0 bridgehead atoms. The number of rotatable bonds is 28. The van der Waals surface area contributed by atoms with E-state index in [2.05, 4.69) is 19.2 Å². The van der Waals surface area contributed by atoms with E-state index in [1.165, 1.54) is 109 Å². The van der Waals surface area contributed by atoms with Gasteiger partial charge in [0.2, 0.25) is 0 Å². The molecular weight excluding hydrogens is 542 g/mol. The standard InChI is InChI=1S/C40H65NO3/c1-35(2)25-19-14-12-10-8-6-4-5-7-9-11-13-15-22-32-41-33-23-16-17-24-34-43-40(42)36(3)37-28-30-39(31-29-37)44-38-26-20-18-21-27-38/h18,20-21,26-31,35-36,41H,4-17,19,22-25,32-34H2,1-3H3. The monoisotopic (exact) mass is 607 g/mol. The largest absolute Gasteiger partial charge is 0.465 e. The molecule has 2 rings (SSSR count). The second kappa shape index (κ2) is 25.9. The summed E-state index contributed by atoms with van der Waals surface area (Å²) < 4.78 is 11.4. The summed E-state index contributed by atoms with van der Waals surface area (Å²) in [5.74, 6) is 2.00. The van der Waals surface area contributed by atoms with Gasteiger partial charge in [0.1, 0.15) is 11.5 Å². The normalized spacial score (nSPS) is 12.0. The zero-order valence-electron chi connectivity index (χ0n) is 28.6. The minimum atomic E-state index is -0.279. The van der Waals surface area contributed by atoms with Crippen molar-refractivity contribution in [3.63, 3.8) is 0 Å². The zero-order valence-corrected chi connectivity index (χ0v) is 28.6. The first-order chi connectivity index (χ1) is 21.6. The Balaban J connectivity index is 1.30. The third-order valence-corrected chi connectivity index (χ3v) is 8.59. The molecule has 0 aliphatic carbocycles. The number of ether oxygens (including phenoxy) is 2. The summed E-state index contributed by atoms with van der Waals surface area (Å²) in [5, 5.41) is 3.60. The summed E-state index contributed by atoms with van der Waals surface area (Å²) in [7, 11) is 0. The van der Waals surface area contributed by atoms with E-state index in [0.717, 1.165) is 48.9 Å². The first-order valence-electron chi connectivity index (χ1n) is 18.3. The first-order valence-corrected chi connectivity index (χ1v) is 18.3. The molecule has 1 N–H and O–H groups in total. The van der Waals surface area contributed by atoms with Crippen LogP contribution in [-0.4, -0.2) is 25.7 Å². The van der Waals surface area contributed by atoms with Gasteiger partial charge in [-0.1, -0.05) is 147 Å². The van der Waals surface area contributed by atoms with E-state index < -0.39 is 0 Å². The Morgan fingerprint density at radius 1 is 0.568 bits per heavy atom. The van der Waals surface area contributed by atoms with Crippen molar-refractivity contribution in [2.75, 3.05) is 19.7 Å². The summed E-state index contributed by atoms with van der Waals surface area (Å²) in [5.41, 5.74) is 0.945. The van der Waals surface area contributed by atoms with Crippen LogP contribution in [0.2, 0.25) is 0 Å². The lowest BCUT2D eigenvalue weighted by atomic mass is 10.0. The van der Waals surface area contributed by atoms with E-state index in [0.29, 0.717) is 6.61 Å². The zero-order chi connectivity index (χ0) is 31.5. The fourth-order valence-corrected chi connectivity index (χ4v) is 5.64. The molecule has 0 spiro atoms. The van der Waals surface area contributed by atoms with Gasteiger partial charge >= 0.3 is 5.97 Å².